The van der Waals surface area contributed by atoms with Gasteiger partial charge in [0.05, 0.1) is 13.2 Å². The molecule has 1 amide bonds. The number of nitrogens with one attached hydrogen (secondary N) is 1. The molecule has 9 heteroatoms. The molecule has 0 rings (SSSR count). The lowest BCUT2D eigenvalue weighted by atomic mass is 10.4. The van der Waals surface area contributed by atoms with Crippen LogP contribution in [0.5, 0.6) is 0 Å². The van der Waals surface area contributed by atoms with E-state index in [-0.39, 0.29) is 42.0 Å². The Balaban J connectivity index is -0.00000131. The van der Waals surface area contributed by atoms with Crippen LogP contribution in [0, 0.1) is 0 Å². The van der Waals surface area contributed by atoms with Crippen molar-refractivity contribution in [2.75, 3.05) is 33.0 Å². The van der Waals surface area contributed by atoms with Crippen LogP contribution in [0.25, 0.3) is 0 Å². The van der Waals surface area contributed by atoms with Gasteiger partial charge in [0.1, 0.15) is 13.2 Å². The molecule has 0 aromatic heterocycles. The molecule has 1 N–H and O–H groups in total. The van der Waals surface area contributed by atoms with Crippen LogP contribution in [0.1, 0.15) is 55.4 Å². The first-order valence-corrected chi connectivity index (χ1v) is 16.7. The van der Waals surface area contributed by atoms with Gasteiger partial charge in [-0.05, 0) is 51.6 Å². The predicted molar refractivity (Wildman–Crippen MR) is 141 cm³/mol. The van der Waals surface area contributed by atoms with Crippen LogP contribution in [0.3, 0.4) is 0 Å². The summed E-state index contributed by atoms with van der Waals surface area (Å²) in [6, 6.07) is 2.30. The first kappa shape index (κ1) is 38.1. The zero-order valence-electron chi connectivity index (χ0n) is 19.2. The number of esters is 1. The summed E-state index contributed by atoms with van der Waals surface area (Å²) < 4.78 is 22.0. The van der Waals surface area contributed by atoms with E-state index < -0.39 is 28.7 Å². The fraction of sp³-hybridized carbons (Fsp3) is 0.826. The molecule has 0 aliphatic rings. The van der Waals surface area contributed by atoms with Gasteiger partial charge in [-0.3, -0.25) is 0 Å². The average molecular weight is 496 g/mol. The summed E-state index contributed by atoms with van der Waals surface area (Å²) >= 11 is 0. The number of alkyl carbamates (subject to hydrolysis) is 1. The van der Waals surface area contributed by atoms with Crippen LogP contribution in [0.15, 0.2) is 12.2 Å². The third-order valence-electron chi connectivity index (χ3n) is 4.17. The molecule has 0 saturated carbocycles. The van der Waals surface area contributed by atoms with Gasteiger partial charge in [-0.25, -0.2) is 9.59 Å². The molecule has 0 aliphatic carbocycles. The zero-order chi connectivity index (χ0) is 22.3. The second kappa shape index (κ2) is 20.4. The van der Waals surface area contributed by atoms with E-state index in [4.69, 9.17) is 18.3 Å². The Morgan fingerprint density at radius 1 is 0.844 bits per heavy atom. The zero-order valence-corrected chi connectivity index (χ0v) is 21.2. The molecule has 194 valence electrons. The van der Waals surface area contributed by atoms with Crippen molar-refractivity contribution in [1.82, 2.24) is 5.32 Å². The fourth-order valence-corrected chi connectivity index (χ4v) is 11.8. The lowest BCUT2D eigenvalue weighted by Gasteiger charge is -2.34. The van der Waals surface area contributed by atoms with Gasteiger partial charge in [0, 0.05) is 12.2 Å². The van der Waals surface area contributed by atoms with Gasteiger partial charge in [0.25, 0.3) is 0 Å². The van der Waals surface area contributed by atoms with Gasteiger partial charge in [0.15, 0.2) is 16.6 Å². The maximum atomic E-state index is 11.5. The van der Waals surface area contributed by atoms with Crippen LogP contribution in [0.4, 0.5) is 4.79 Å². The maximum absolute atomic E-state index is 11.5. The second-order valence-electron chi connectivity index (χ2n) is 8.42. The minimum absolute atomic E-state index is 0. The molecule has 0 radical (unpaired) electrons. The summed E-state index contributed by atoms with van der Waals surface area (Å²) in [5, 5.41) is 2.50. The summed E-state index contributed by atoms with van der Waals surface area (Å²) in [5.41, 5.74) is 0.324. The molecule has 0 atom stereocenters. The van der Waals surface area contributed by atoms with E-state index in [0.717, 1.165) is 12.5 Å². The molecule has 7 nitrogen and oxygen atoms in total. The van der Waals surface area contributed by atoms with E-state index in [1.807, 2.05) is 0 Å². The van der Waals surface area contributed by atoms with E-state index in [1.165, 1.54) is 18.9 Å². The Bertz CT molecular complexity index is 513. The number of hydrogen-bond acceptors (Lipinski definition) is 6. The van der Waals surface area contributed by atoms with Crippen molar-refractivity contribution >= 4 is 28.7 Å². The molecule has 0 unspecified atom stereocenters. The lowest BCUT2D eigenvalue weighted by molar-refractivity contribution is -0.138. The smallest absolute Gasteiger partial charge is 0.407 e. The van der Waals surface area contributed by atoms with Gasteiger partial charge in [0.2, 0.25) is 0 Å². The molecular formula is C23H53NO6Si2. The largest absolute Gasteiger partial charge is 0.460 e. The van der Waals surface area contributed by atoms with Crippen molar-refractivity contribution in [3.63, 3.8) is 0 Å². The van der Waals surface area contributed by atoms with Crippen LogP contribution in [0.2, 0.25) is 38.3 Å². The molecule has 0 saturated heterocycles. The first-order valence-electron chi connectivity index (χ1n) is 10.5. The number of rotatable bonds is 16. The minimum Gasteiger partial charge on any atom is -0.460 e. The highest BCUT2D eigenvalue weighted by atomic mass is 28.4. The normalized spacial score (nSPS) is 10.7. The molecule has 0 heterocycles. The van der Waals surface area contributed by atoms with Crippen molar-refractivity contribution in [3.8, 4) is 0 Å². The highest BCUT2D eigenvalue weighted by Crippen LogP contribution is 2.24. The molecule has 0 spiro atoms. The fourth-order valence-electron chi connectivity index (χ4n) is 2.82. The summed E-state index contributed by atoms with van der Waals surface area (Å²) in [4.78, 5) is 22.7. The number of ether oxygens (including phenoxy) is 3. The molecule has 0 bridgehead atoms. The highest BCUT2D eigenvalue weighted by Gasteiger charge is 2.31. The van der Waals surface area contributed by atoms with Crippen molar-refractivity contribution in [3.05, 3.63) is 12.2 Å². The van der Waals surface area contributed by atoms with Gasteiger partial charge in [-0.15, -0.1) is 0 Å². The van der Waals surface area contributed by atoms with Gasteiger partial charge in [-0.1, -0.05) is 48.6 Å². The molecule has 32 heavy (non-hydrogen) atoms. The van der Waals surface area contributed by atoms with E-state index in [2.05, 4.69) is 45.0 Å². The Hall–Kier alpha value is -1.17. The number of hydrogen-bond donors (Lipinski definition) is 1. The molecule has 0 aromatic carbocycles. The predicted octanol–water partition coefficient (Wildman–Crippen LogP) is 6.37. The third-order valence-corrected chi connectivity index (χ3v) is 11.7. The number of carbonyl (C=O) groups is 2. The van der Waals surface area contributed by atoms with E-state index >= 15 is 0 Å². The molecule has 0 aromatic rings. The highest BCUT2D eigenvalue weighted by molar-refractivity contribution is 6.84. The Kier molecular flexibility index (Phi) is 24.3. The first-order chi connectivity index (χ1) is 13.5. The average Bonchev–Trinajstić information content (AvgIpc) is 2.61. The van der Waals surface area contributed by atoms with Crippen molar-refractivity contribution < 1.29 is 27.9 Å². The van der Waals surface area contributed by atoms with Gasteiger partial charge >= 0.3 is 12.1 Å². The number of amides is 1. The minimum atomic E-state index is -1.66. The quantitative estimate of drug-likeness (QED) is 0.116. The monoisotopic (exact) mass is 495 g/mol. The molecule has 0 aliphatic heterocycles. The van der Waals surface area contributed by atoms with Crippen LogP contribution >= 0.6 is 0 Å². The van der Waals surface area contributed by atoms with Crippen molar-refractivity contribution in [1.29, 1.82) is 0 Å². The maximum Gasteiger partial charge on any atom is 0.407 e. The lowest BCUT2D eigenvalue weighted by Crippen LogP contribution is -2.44. The summed E-state index contributed by atoms with van der Waals surface area (Å²) in [7, 11) is -3.22. The summed E-state index contributed by atoms with van der Waals surface area (Å²) in [6.07, 6.45) is 2.87. The van der Waals surface area contributed by atoms with Crippen LogP contribution < -0.4 is 5.32 Å². The Labute approximate surface area is 200 Å². The summed E-state index contributed by atoms with van der Waals surface area (Å²) in [6.45, 7) is 17.9. The number of unbranched alkanes of at least 4 members (excludes halogenated alkanes) is 1. The number of carbonyl (C=O) groups excluding carboxylic acids is 2. The van der Waals surface area contributed by atoms with E-state index in [9.17, 15) is 9.59 Å². The van der Waals surface area contributed by atoms with Crippen LogP contribution in [-0.4, -0.2) is 61.7 Å². The third kappa shape index (κ3) is 22.0. The van der Waals surface area contributed by atoms with E-state index in [0.29, 0.717) is 18.8 Å². The standard InChI is InChI=1S/C20H41NO6Si2.3CH4/c1-8-9-16-28(4,5)27-29(6,7)17-10-12-24-14-15-26-20(23)21-11-13-25-19(22)18(2)3;;;/h2,8-17H2,1,3-7H3,(H,21,23);3*1H4. The molecular weight excluding hydrogens is 442 g/mol. The topological polar surface area (TPSA) is 83.1 Å². The van der Waals surface area contributed by atoms with Crippen molar-refractivity contribution in [2.24, 2.45) is 0 Å². The SMILES string of the molecule is C.C.C.C=C(C)C(=O)OCCNC(=O)OCCOCCC[Si](C)(C)O[Si](C)(C)CCCC. The second-order valence-corrected chi connectivity index (χ2v) is 17.3. The van der Waals surface area contributed by atoms with Gasteiger partial charge in [-0.2, -0.15) is 0 Å². The summed E-state index contributed by atoms with van der Waals surface area (Å²) in [5.74, 6) is -0.475. The van der Waals surface area contributed by atoms with Crippen molar-refractivity contribution in [2.45, 2.75) is 93.7 Å². The van der Waals surface area contributed by atoms with Crippen LogP contribution in [-0.2, 0) is 23.1 Å². The Morgan fingerprint density at radius 3 is 1.94 bits per heavy atom. The van der Waals surface area contributed by atoms with E-state index in [1.54, 1.807) is 6.92 Å². The molecule has 0 fully saturated rings. The van der Waals surface area contributed by atoms with Gasteiger partial charge < -0.3 is 23.6 Å². The Morgan fingerprint density at radius 2 is 1.41 bits per heavy atom.